The van der Waals surface area contributed by atoms with Gasteiger partial charge in [-0.1, -0.05) is 11.6 Å². The minimum atomic E-state index is 0.179. The summed E-state index contributed by atoms with van der Waals surface area (Å²) in [6.45, 7) is 0. The van der Waals surface area contributed by atoms with Crippen molar-refractivity contribution in [2.24, 2.45) is 0 Å². The molecule has 2 heterocycles. The van der Waals surface area contributed by atoms with Gasteiger partial charge in [0.1, 0.15) is 16.7 Å². The summed E-state index contributed by atoms with van der Waals surface area (Å²) in [6.07, 6.45) is 5.16. The summed E-state index contributed by atoms with van der Waals surface area (Å²) in [4.78, 5) is 12.3. The standard InChI is InChI=1S/C11H7ClN4S/c1-17-11-8(6-13)9(12)15-10(16-11)7-2-4-14-5-3-7/h2-5H,1H3. The number of aromatic nitrogens is 3. The van der Waals surface area contributed by atoms with Crippen molar-refractivity contribution in [3.8, 4) is 17.5 Å². The Morgan fingerprint density at radius 2 is 2.00 bits per heavy atom. The fourth-order valence-electron chi connectivity index (χ4n) is 1.29. The van der Waals surface area contributed by atoms with E-state index in [1.54, 1.807) is 24.5 Å². The van der Waals surface area contributed by atoms with Crippen LogP contribution < -0.4 is 0 Å². The smallest absolute Gasteiger partial charge is 0.162 e. The van der Waals surface area contributed by atoms with Crippen LogP contribution in [0, 0.1) is 11.3 Å². The first-order chi connectivity index (χ1) is 8.26. The van der Waals surface area contributed by atoms with Gasteiger partial charge in [0.05, 0.1) is 0 Å². The molecule has 0 aliphatic rings. The zero-order valence-corrected chi connectivity index (χ0v) is 10.5. The molecule has 0 radical (unpaired) electrons. The summed E-state index contributed by atoms with van der Waals surface area (Å²) in [5, 5.41) is 9.72. The van der Waals surface area contributed by atoms with Crippen LogP contribution in [-0.2, 0) is 0 Å². The topological polar surface area (TPSA) is 62.5 Å². The van der Waals surface area contributed by atoms with Crippen molar-refractivity contribution in [2.45, 2.75) is 5.03 Å². The summed E-state index contributed by atoms with van der Waals surface area (Å²) >= 11 is 7.33. The van der Waals surface area contributed by atoms with Crippen molar-refractivity contribution >= 4 is 23.4 Å². The van der Waals surface area contributed by atoms with E-state index in [0.29, 0.717) is 16.4 Å². The molecule has 2 rings (SSSR count). The third kappa shape index (κ3) is 2.38. The van der Waals surface area contributed by atoms with Gasteiger partial charge in [0.2, 0.25) is 0 Å². The number of hydrogen-bond donors (Lipinski definition) is 0. The molecular formula is C11H7ClN4S. The minimum absolute atomic E-state index is 0.179. The van der Waals surface area contributed by atoms with Crippen molar-refractivity contribution in [1.82, 2.24) is 15.0 Å². The SMILES string of the molecule is CSc1nc(-c2ccncc2)nc(Cl)c1C#N. The third-order valence-corrected chi connectivity index (χ3v) is 3.03. The van der Waals surface area contributed by atoms with E-state index in [0.717, 1.165) is 5.56 Å². The highest BCUT2D eigenvalue weighted by Gasteiger charge is 2.12. The largest absolute Gasteiger partial charge is 0.265 e. The summed E-state index contributed by atoms with van der Waals surface area (Å²) in [5.74, 6) is 0.501. The Bertz CT molecular complexity index is 580. The van der Waals surface area contributed by atoms with Gasteiger partial charge in [-0.15, -0.1) is 11.8 Å². The highest BCUT2D eigenvalue weighted by atomic mass is 35.5. The number of nitriles is 1. The molecule has 17 heavy (non-hydrogen) atoms. The first-order valence-corrected chi connectivity index (χ1v) is 6.28. The zero-order valence-electron chi connectivity index (χ0n) is 8.88. The maximum Gasteiger partial charge on any atom is 0.162 e. The number of thioether (sulfide) groups is 1. The Morgan fingerprint density at radius 3 is 2.59 bits per heavy atom. The van der Waals surface area contributed by atoms with E-state index in [2.05, 4.69) is 15.0 Å². The van der Waals surface area contributed by atoms with Gasteiger partial charge < -0.3 is 0 Å². The van der Waals surface area contributed by atoms with Crippen LogP contribution in [0.1, 0.15) is 5.56 Å². The van der Waals surface area contributed by atoms with Crippen molar-refractivity contribution in [3.05, 3.63) is 35.2 Å². The second-order valence-corrected chi connectivity index (χ2v) is 4.22. The Balaban J connectivity index is 2.59. The van der Waals surface area contributed by atoms with Crippen LogP contribution in [-0.4, -0.2) is 21.2 Å². The summed E-state index contributed by atoms with van der Waals surface area (Å²) in [5.41, 5.74) is 1.14. The van der Waals surface area contributed by atoms with Gasteiger partial charge in [0.25, 0.3) is 0 Å². The fourth-order valence-corrected chi connectivity index (χ4v) is 2.08. The predicted octanol–water partition coefficient (Wildman–Crippen LogP) is 2.79. The fraction of sp³-hybridized carbons (Fsp3) is 0.0909. The summed E-state index contributed by atoms with van der Waals surface area (Å²) in [6, 6.07) is 5.59. The van der Waals surface area contributed by atoms with Crippen LogP contribution in [0.5, 0.6) is 0 Å². The number of halogens is 1. The number of pyridine rings is 1. The van der Waals surface area contributed by atoms with Gasteiger partial charge in [0.15, 0.2) is 11.0 Å². The van der Waals surface area contributed by atoms with Crippen LogP contribution in [0.4, 0.5) is 0 Å². The van der Waals surface area contributed by atoms with Crippen LogP contribution in [0.2, 0.25) is 5.15 Å². The molecule has 0 aliphatic carbocycles. The number of hydrogen-bond acceptors (Lipinski definition) is 5. The maximum atomic E-state index is 8.95. The molecule has 2 aromatic heterocycles. The van der Waals surface area contributed by atoms with E-state index in [9.17, 15) is 0 Å². The van der Waals surface area contributed by atoms with Gasteiger partial charge >= 0.3 is 0 Å². The van der Waals surface area contributed by atoms with Crippen molar-refractivity contribution in [1.29, 1.82) is 5.26 Å². The molecule has 0 N–H and O–H groups in total. The lowest BCUT2D eigenvalue weighted by atomic mass is 10.2. The normalized spacial score (nSPS) is 9.94. The Labute approximate surface area is 108 Å². The average Bonchev–Trinajstić information content (AvgIpc) is 2.38. The lowest BCUT2D eigenvalue weighted by Crippen LogP contribution is -1.96. The quantitative estimate of drug-likeness (QED) is 0.615. The van der Waals surface area contributed by atoms with E-state index in [1.165, 1.54) is 11.8 Å². The Morgan fingerprint density at radius 1 is 1.29 bits per heavy atom. The molecule has 0 spiro atoms. The molecule has 0 aromatic carbocycles. The third-order valence-electron chi connectivity index (χ3n) is 2.08. The monoisotopic (exact) mass is 262 g/mol. The number of rotatable bonds is 2. The molecule has 0 atom stereocenters. The van der Waals surface area contributed by atoms with Crippen molar-refractivity contribution in [3.63, 3.8) is 0 Å². The van der Waals surface area contributed by atoms with Gasteiger partial charge in [-0.2, -0.15) is 5.26 Å². The van der Waals surface area contributed by atoms with E-state index in [1.807, 2.05) is 12.3 Å². The lowest BCUT2D eigenvalue weighted by Gasteiger charge is -2.05. The molecule has 0 saturated heterocycles. The van der Waals surface area contributed by atoms with E-state index in [-0.39, 0.29) is 5.15 Å². The van der Waals surface area contributed by atoms with Crippen molar-refractivity contribution < 1.29 is 0 Å². The van der Waals surface area contributed by atoms with E-state index in [4.69, 9.17) is 16.9 Å². The molecule has 4 nitrogen and oxygen atoms in total. The highest BCUT2D eigenvalue weighted by molar-refractivity contribution is 7.98. The molecule has 2 aromatic rings. The minimum Gasteiger partial charge on any atom is -0.265 e. The van der Waals surface area contributed by atoms with Crippen LogP contribution in [0.15, 0.2) is 29.6 Å². The molecule has 0 saturated carbocycles. The van der Waals surface area contributed by atoms with E-state index < -0.39 is 0 Å². The second-order valence-electron chi connectivity index (χ2n) is 3.07. The molecule has 0 bridgehead atoms. The maximum absolute atomic E-state index is 8.95. The van der Waals surface area contributed by atoms with Gasteiger partial charge in [-0.3, -0.25) is 4.98 Å². The lowest BCUT2D eigenvalue weighted by molar-refractivity contribution is 1.04. The molecular weight excluding hydrogens is 256 g/mol. The first kappa shape index (κ1) is 11.8. The van der Waals surface area contributed by atoms with Crippen LogP contribution >= 0.6 is 23.4 Å². The Hall–Kier alpha value is -1.64. The molecule has 0 amide bonds. The van der Waals surface area contributed by atoms with Gasteiger partial charge in [-0.05, 0) is 18.4 Å². The van der Waals surface area contributed by atoms with Crippen LogP contribution in [0.25, 0.3) is 11.4 Å². The summed E-state index contributed by atoms with van der Waals surface area (Å²) < 4.78 is 0. The zero-order chi connectivity index (χ0) is 12.3. The number of nitrogens with zero attached hydrogens (tertiary/aromatic N) is 4. The van der Waals surface area contributed by atoms with E-state index >= 15 is 0 Å². The summed E-state index contributed by atoms with van der Waals surface area (Å²) in [7, 11) is 0. The predicted molar refractivity (Wildman–Crippen MR) is 66.8 cm³/mol. The Kier molecular flexibility index (Phi) is 3.57. The molecule has 6 heteroatoms. The first-order valence-electron chi connectivity index (χ1n) is 4.68. The second kappa shape index (κ2) is 5.13. The highest BCUT2D eigenvalue weighted by Crippen LogP contribution is 2.26. The van der Waals surface area contributed by atoms with Crippen molar-refractivity contribution in [2.75, 3.05) is 6.26 Å². The van der Waals surface area contributed by atoms with Gasteiger partial charge in [0, 0.05) is 18.0 Å². The van der Waals surface area contributed by atoms with Crippen LogP contribution in [0.3, 0.4) is 0 Å². The molecule has 0 unspecified atom stereocenters. The molecule has 84 valence electrons. The van der Waals surface area contributed by atoms with Gasteiger partial charge in [-0.25, -0.2) is 9.97 Å². The molecule has 0 fully saturated rings. The average molecular weight is 263 g/mol. The molecule has 0 aliphatic heterocycles.